The van der Waals surface area contributed by atoms with Crippen LogP contribution in [0.1, 0.15) is 27.7 Å². The highest BCUT2D eigenvalue weighted by atomic mass is 32.2. The number of hydrogen-bond donors (Lipinski definition) is 0. The molecule has 0 unspecified atom stereocenters. The predicted molar refractivity (Wildman–Crippen MR) is 40.4 cm³/mol. The Morgan fingerprint density at radius 1 is 1.08 bits per heavy atom. The van der Waals surface area contributed by atoms with Crippen molar-refractivity contribution in [2.24, 2.45) is 0 Å². The van der Waals surface area contributed by atoms with Crippen LogP contribution >= 0.6 is 0 Å². The van der Waals surface area contributed by atoms with Crippen LogP contribution < -0.4 is 0 Å². The highest BCUT2D eigenvalue weighted by Gasteiger charge is 2.43. The third kappa shape index (κ3) is 3.44. The van der Waals surface area contributed by atoms with Crippen LogP contribution in [0, 0.1) is 0 Å². The van der Waals surface area contributed by atoms with Crippen LogP contribution in [0.15, 0.2) is 0 Å². The lowest BCUT2D eigenvalue weighted by atomic mass is 10.2. The molecule has 0 spiro atoms. The van der Waals surface area contributed by atoms with Crippen molar-refractivity contribution < 1.29 is 21.4 Å². The Balaban J connectivity index is 4.70. The Labute approximate surface area is 70.8 Å². The molecule has 0 N–H and O–H groups in total. The fraction of sp³-hybridized carbons (Fsp3) is 1.00. The molecule has 0 aliphatic heterocycles. The van der Waals surface area contributed by atoms with Gasteiger partial charge < -0.3 is 0 Å². The van der Waals surface area contributed by atoms with E-state index in [0.717, 1.165) is 0 Å². The third-order valence-electron chi connectivity index (χ3n) is 0.799. The minimum atomic E-state index is -4.79. The summed E-state index contributed by atoms with van der Waals surface area (Å²) in [7, 11) is -4.79. The Morgan fingerprint density at radius 2 is 1.42 bits per heavy atom. The van der Waals surface area contributed by atoms with E-state index in [2.05, 4.69) is 4.18 Å². The molecule has 0 radical (unpaired) electrons. The van der Waals surface area contributed by atoms with Crippen molar-refractivity contribution >= 4 is 10.1 Å². The van der Waals surface area contributed by atoms with Gasteiger partial charge in [0.05, 0.1) is 5.60 Å². The van der Waals surface area contributed by atoms with Gasteiger partial charge in [-0.3, -0.25) is 4.18 Å². The molecule has 0 rings (SSSR count). The summed E-state index contributed by atoms with van der Waals surface area (Å²) in [6, 6.07) is 0. The Kier molecular flexibility index (Phi) is 2.86. The van der Waals surface area contributed by atoms with Gasteiger partial charge in [-0.15, -0.1) is 0 Å². The Hall–Kier alpha value is -0.230. The maximum Gasteiger partial charge on any atom is 0.367 e. The summed E-state index contributed by atoms with van der Waals surface area (Å²) in [5.74, 6) is 0. The van der Waals surface area contributed by atoms with Gasteiger partial charge in [-0.2, -0.15) is 17.2 Å². The molecule has 0 aromatic carbocycles. The van der Waals surface area contributed by atoms with Crippen LogP contribution in [0.2, 0.25) is 0 Å². The lowest BCUT2D eigenvalue weighted by molar-refractivity contribution is 0.0624. The molecule has 6 heteroatoms. The smallest absolute Gasteiger partial charge is 0.260 e. The minimum absolute atomic E-state index is 0.286. The van der Waals surface area contributed by atoms with E-state index < -0.39 is 21.0 Å². The third-order valence-corrected chi connectivity index (χ3v) is 2.40. The highest BCUT2D eigenvalue weighted by Crippen LogP contribution is 2.26. The summed E-state index contributed by atoms with van der Waals surface area (Å²) < 4.78 is 50.2. The molecule has 0 atom stereocenters. The van der Waals surface area contributed by atoms with Crippen LogP contribution in [-0.4, -0.2) is 19.3 Å². The standard InChI is InChI=1S/C6H12F2O3S/c1-5(2,3)11-12(9,10)6(4,7)8/h1-4H3. The van der Waals surface area contributed by atoms with Gasteiger partial charge in [-0.25, -0.2) is 0 Å². The van der Waals surface area contributed by atoms with E-state index in [-0.39, 0.29) is 6.92 Å². The first-order valence-corrected chi connectivity index (χ1v) is 4.69. The van der Waals surface area contributed by atoms with Crippen molar-refractivity contribution in [1.29, 1.82) is 0 Å². The van der Waals surface area contributed by atoms with E-state index in [1.807, 2.05) is 0 Å². The van der Waals surface area contributed by atoms with Crippen molar-refractivity contribution in [2.45, 2.75) is 38.6 Å². The molecule has 0 fully saturated rings. The van der Waals surface area contributed by atoms with E-state index in [1.165, 1.54) is 20.8 Å². The molecule has 74 valence electrons. The fourth-order valence-electron chi connectivity index (χ4n) is 0.402. The summed E-state index contributed by atoms with van der Waals surface area (Å²) in [6.07, 6.45) is 0. The van der Waals surface area contributed by atoms with Crippen molar-refractivity contribution in [3.8, 4) is 0 Å². The normalized spacial score (nSPS) is 14.8. The lowest BCUT2D eigenvalue weighted by Crippen LogP contribution is -2.34. The molecule has 0 heterocycles. The van der Waals surface area contributed by atoms with E-state index in [0.29, 0.717) is 0 Å². The summed E-state index contributed by atoms with van der Waals surface area (Å²) in [4.78, 5) is 0. The molecule has 0 aromatic rings. The average Bonchev–Trinajstić information content (AvgIpc) is 1.52. The second-order valence-corrected chi connectivity index (χ2v) is 5.25. The molecule has 0 aliphatic rings. The van der Waals surface area contributed by atoms with Gasteiger partial charge in [-0.1, -0.05) is 0 Å². The zero-order valence-electron chi connectivity index (χ0n) is 7.39. The van der Waals surface area contributed by atoms with Crippen molar-refractivity contribution in [3.05, 3.63) is 0 Å². The Bertz CT molecular complexity index is 245. The van der Waals surface area contributed by atoms with Gasteiger partial charge in [0.15, 0.2) is 0 Å². The van der Waals surface area contributed by atoms with E-state index in [4.69, 9.17) is 0 Å². The van der Waals surface area contributed by atoms with E-state index in [9.17, 15) is 17.2 Å². The second-order valence-electron chi connectivity index (χ2n) is 3.46. The van der Waals surface area contributed by atoms with Crippen molar-refractivity contribution in [1.82, 2.24) is 0 Å². The average molecular weight is 202 g/mol. The van der Waals surface area contributed by atoms with Crippen LogP contribution in [-0.2, 0) is 14.3 Å². The predicted octanol–water partition coefficient (Wildman–Crippen LogP) is 1.74. The van der Waals surface area contributed by atoms with Gasteiger partial charge in [-0.05, 0) is 20.8 Å². The van der Waals surface area contributed by atoms with Crippen LogP contribution in [0.3, 0.4) is 0 Å². The first-order valence-electron chi connectivity index (χ1n) is 3.29. The largest absolute Gasteiger partial charge is 0.367 e. The summed E-state index contributed by atoms with van der Waals surface area (Å²) >= 11 is 0. The SMILES string of the molecule is CC(C)(C)OS(=O)(=O)C(C)(F)F. The molecule has 12 heavy (non-hydrogen) atoms. The number of halogens is 2. The number of rotatable bonds is 2. The van der Waals surface area contributed by atoms with Gasteiger partial charge in [0.1, 0.15) is 0 Å². The van der Waals surface area contributed by atoms with Gasteiger partial charge in [0.2, 0.25) is 0 Å². The number of alkyl halides is 2. The molecule has 0 saturated carbocycles. The number of hydrogen-bond acceptors (Lipinski definition) is 3. The molecular weight excluding hydrogens is 190 g/mol. The summed E-state index contributed by atoms with van der Waals surface area (Å²) in [5, 5.41) is -3.85. The Morgan fingerprint density at radius 3 is 1.50 bits per heavy atom. The van der Waals surface area contributed by atoms with Gasteiger partial charge in [0.25, 0.3) is 0 Å². The van der Waals surface area contributed by atoms with Crippen LogP contribution in [0.5, 0.6) is 0 Å². The topological polar surface area (TPSA) is 43.4 Å². The first kappa shape index (κ1) is 11.8. The molecule has 0 aliphatic carbocycles. The molecular formula is C6H12F2O3S. The monoisotopic (exact) mass is 202 g/mol. The maximum atomic E-state index is 12.3. The zero-order chi connectivity index (χ0) is 10.2. The minimum Gasteiger partial charge on any atom is -0.260 e. The van der Waals surface area contributed by atoms with Crippen LogP contribution in [0.25, 0.3) is 0 Å². The van der Waals surface area contributed by atoms with Crippen molar-refractivity contribution in [2.75, 3.05) is 0 Å². The van der Waals surface area contributed by atoms with Crippen molar-refractivity contribution in [3.63, 3.8) is 0 Å². The molecule has 0 amide bonds. The molecule has 0 saturated heterocycles. The molecule has 0 aromatic heterocycles. The van der Waals surface area contributed by atoms with E-state index in [1.54, 1.807) is 0 Å². The van der Waals surface area contributed by atoms with Crippen LogP contribution in [0.4, 0.5) is 8.78 Å². The lowest BCUT2D eigenvalue weighted by Gasteiger charge is -2.21. The van der Waals surface area contributed by atoms with E-state index >= 15 is 0 Å². The molecule has 3 nitrogen and oxygen atoms in total. The van der Waals surface area contributed by atoms with Gasteiger partial charge in [0, 0.05) is 6.92 Å². The first-order chi connectivity index (χ1) is 4.96. The maximum absolute atomic E-state index is 12.3. The molecule has 0 bridgehead atoms. The zero-order valence-corrected chi connectivity index (χ0v) is 8.21. The quantitative estimate of drug-likeness (QED) is 0.640. The summed E-state index contributed by atoms with van der Waals surface area (Å²) in [5.41, 5.74) is -1.13. The fourth-order valence-corrected chi connectivity index (χ4v) is 1.21. The second kappa shape index (κ2) is 2.92. The summed E-state index contributed by atoms with van der Waals surface area (Å²) in [6.45, 7) is 4.44. The highest BCUT2D eigenvalue weighted by molar-refractivity contribution is 7.87. The van der Waals surface area contributed by atoms with Gasteiger partial charge >= 0.3 is 15.4 Å².